The van der Waals surface area contributed by atoms with Gasteiger partial charge in [-0.2, -0.15) is 0 Å². The van der Waals surface area contributed by atoms with Gasteiger partial charge in [0.15, 0.2) is 18.7 Å². The second-order valence-electron chi connectivity index (χ2n) is 18.6. The summed E-state index contributed by atoms with van der Waals surface area (Å²) < 4.78 is 35.5. The molecule has 0 aromatic carbocycles. The molecule has 17 heteroatoms. The van der Waals surface area contributed by atoms with Crippen LogP contribution in [-0.2, 0) is 33.2 Å². The van der Waals surface area contributed by atoms with E-state index in [0.29, 0.717) is 12.3 Å². The monoisotopic (exact) mass is 802 g/mol. The lowest BCUT2D eigenvalue weighted by molar-refractivity contribution is -0.388. The van der Waals surface area contributed by atoms with Crippen molar-refractivity contribution in [1.82, 2.24) is 0 Å². The highest BCUT2D eigenvalue weighted by Gasteiger charge is 2.67. The quantitative estimate of drug-likeness (QED) is 0.0923. The molecule has 0 amide bonds. The maximum Gasteiger partial charge on any atom is 0.314 e. The summed E-state index contributed by atoms with van der Waals surface area (Å²) in [7, 11) is 0. The van der Waals surface area contributed by atoms with E-state index in [1.807, 2.05) is 6.92 Å². The molecule has 3 heterocycles. The first-order chi connectivity index (χ1) is 26.4. The van der Waals surface area contributed by atoms with Crippen LogP contribution in [0, 0.1) is 33.5 Å². The van der Waals surface area contributed by atoms with E-state index < -0.39 is 123 Å². The van der Waals surface area contributed by atoms with Crippen molar-refractivity contribution >= 4 is 5.97 Å². The molecule has 7 aliphatic rings. The van der Waals surface area contributed by atoms with Gasteiger partial charge in [0.1, 0.15) is 67.1 Å². The molecule has 3 saturated heterocycles. The molecular weight excluding hydrogens is 740 g/mol. The van der Waals surface area contributed by atoms with Gasteiger partial charge >= 0.3 is 5.97 Å². The largest absolute Gasteiger partial charge is 0.432 e. The number of hydrogen-bond donors (Lipinski definition) is 10. The highest BCUT2D eigenvalue weighted by atomic mass is 16.8. The van der Waals surface area contributed by atoms with Crippen LogP contribution < -0.4 is 0 Å². The van der Waals surface area contributed by atoms with Crippen LogP contribution in [-0.4, -0.2) is 169 Å². The number of carbonyl (C=O) groups is 1. The topological polar surface area (TPSA) is 275 Å². The minimum atomic E-state index is -1.94. The summed E-state index contributed by atoms with van der Waals surface area (Å²) in [4.78, 5) is 14.8. The summed E-state index contributed by atoms with van der Waals surface area (Å²) in [6.45, 7) is 8.62. The Hall–Kier alpha value is -1.39. The maximum absolute atomic E-state index is 14.8. The average Bonchev–Trinajstić information content (AvgIpc) is 3.35. The molecule has 7 rings (SSSR count). The van der Waals surface area contributed by atoms with Gasteiger partial charge in [-0.25, -0.2) is 0 Å². The Morgan fingerprint density at radius 2 is 1.18 bits per heavy atom. The number of ether oxygens (including phenoxy) is 6. The third-order valence-electron chi connectivity index (χ3n) is 15.4. The van der Waals surface area contributed by atoms with E-state index in [2.05, 4.69) is 20.4 Å². The van der Waals surface area contributed by atoms with Gasteiger partial charge in [-0.05, 0) is 86.4 Å². The lowest BCUT2D eigenvalue weighted by Gasteiger charge is -2.64. The van der Waals surface area contributed by atoms with Crippen molar-refractivity contribution < 1.29 is 84.3 Å². The number of hydrogen-bond acceptors (Lipinski definition) is 17. The molecule has 4 saturated carbocycles. The molecule has 17 nitrogen and oxygen atoms in total. The molecule has 7 fully saturated rings. The van der Waals surface area contributed by atoms with E-state index in [0.717, 1.165) is 51.4 Å². The van der Waals surface area contributed by atoms with Crippen molar-refractivity contribution in [2.45, 2.75) is 171 Å². The molecule has 0 aromatic rings. The lowest BCUT2D eigenvalue weighted by Crippen LogP contribution is -2.67. The maximum atomic E-state index is 14.8. The van der Waals surface area contributed by atoms with Gasteiger partial charge in [0.2, 0.25) is 6.29 Å². The van der Waals surface area contributed by atoms with Crippen LogP contribution in [0.1, 0.15) is 78.6 Å². The van der Waals surface area contributed by atoms with Gasteiger partial charge in [-0.1, -0.05) is 32.4 Å². The van der Waals surface area contributed by atoms with Crippen LogP contribution in [0.2, 0.25) is 0 Å². The van der Waals surface area contributed by atoms with Gasteiger partial charge in [-0.15, -0.1) is 0 Å². The van der Waals surface area contributed by atoms with E-state index in [9.17, 15) is 55.9 Å². The minimum absolute atomic E-state index is 0.0705. The molecule has 56 heavy (non-hydrogen) atoms. The standard InChI is InChI=1S/C39H62O17/c1-17-12-39-11-7-21-37(3,22(39)6-10-36(17,2)16-39)8-5-9-38(21,4)35(50)56-34-31(55-33-29(49)27(47)24(44)19(14-41)52-33)30(25(45)20(15-42)53-34)54-32-28(48)26(46)23(43)18(13-40)51-32/h18-34,40-49H,1,5-16H2,2-4H3/t18?,19?,20?,21?,22-,23?,24?,25?,26?,27?,28?,29?,30?,31?,32?,33?,34?,36+,37+,38+,39+/m0/s1. The number of carbonyl (C=O) groups excluding carboxylic acids is 1. The molecular formula is C39H62O17. The Labute approximate surface area is 326 Å². The van der Waals surface area contributed by atoms with Gasteiger partial charge in [0.05, 0.1) is 25.2 Å². The summed E-state index contributed by atoms with van der Waals surface area (Å²) in [6.07, 6.45) is -18.1. The average molecular weight is 803 g/mol. The number of allylic oxidation sites excluding steroid dienone is 1. The van der Waals surface area contributed by atoms with Crippen molar-refractivity contribution in [1.29, 1.82) is 0 Å². The van der Waals surface area contributed by atoms with E-state index in [4.69, 9.17) is 28.4 Å². The van der Waals surface area contributed by atoms with Crippen LogP contribution in [0.4, 0.5) is 0 Å². The third-order valence-corrected chi connectivity index (χ3v) is 15.4. The number of aliphatic hydroxyl groups excluding tert-OH is 10. The highest BCUT2D eigenvalue weighted by Crippen LogP contribution is 2.74. The molecule has 0 aromatic heterocycles. The first kappa shape index (κ1) is 42.7. The van der Waals surface area contributed by atoms with E-state index in [-0.39, 0.29) is 22.2 Å². The molecule has 4 aliphatic carbocycles. The highest BCUT2D eigenvalue weighted by molar-refractivity contribution is 5.77. The Morgan fingerprint density at radius 3 is 1.75 bits per heavy atom. The third kappa shape index (κ3) is 6.79. The molecule has 0 radical (unpaired) electrons. The number of fused-ring (bicyclic) bond motifs is 3. The first-order valence-corrected chi connectivity index (χ1v) is 20.1. The summed E-state index contributed by atoms with van der Waals surface area (Å²) >= 11 is 0. The van der Waals surface area contributed by atoms with E-state index in [1.165, 1.54) is 5.57 Å². The number of aliphatic hydroxyl groups is 10. The first-order valence-electron chi connectivity index (χ1n) is 20.1. The second kappa shape index (κ2) is 15.6. The second-order valence-corrected chi connectivity index (χ2v) is 18.6. The Morgan fingerprint density at radius 1 is 0.661 bits per heavy atom. The van der Waals surface area contributed by atoms with Crippen molar-refractivity contribution in [2.24, 2.45) is 33.5 Å². The zero-order chi connectivity index (χ0) is 40.7. The van der Waals surface area contributed by atoms with Crippen molar-refractivity contribution in [2.75, 3.05) is 19.8 Å². The molecule has 21 atom stereocenters. The number of esters is 1. The molecule has 2 bridgehead atoms. The molecule has 16 unspecified atom stereocenters. The van der Waals surface area contributed by atoms with E-state index >= 15 is 0 Å². The van der Waals surface area contributed by atoms with Crippen molar-refractivity contribution in [3.05, 3.63) is 12.2 Å². The van der Waals surface area contributed by atoms with Gasteiger partial charge < -0.3 is 79.5 Å². The van der Waals surface area contributed by atoms with Crippen LogP contribution in [0.25, 0.3) is 0 Å². The predicted octanol–water partition coefficient (Wildman–Crippen LogP) is -1.66. The molecule has 10 N–H and O–H groups in total. The molecule has 1 spiro atoms. The lowest BCUT2D eigenvalue weighted by atomic mass is 9.40. The van der Waals surface area contributed by atoms with Gasteiger partial charge in [0, 0.05) is 0 Å². The van der Waals surface area contributed by atoms with Crippen LogP contribution in [0.15, 0.2) is 12.2 Å². The fourth-order valence-electron chi connectivity index (χ4n) is 12.3. The summed E-state index contributed by atoms with van der Waals surface area (Å²) in [5.74, 6) is -0.321. The van der Waals surface area contributed by atoms with Crippen LogP contribution in [0.5, 0.6) is 0 Å². The zero-order valence-corrected chi connectivity index (χ0v) is 32.3. The van der Waals surface area contributed by atoms with Crippen molar-refractivity contribution in [3.8, 4) is 0 Å². The fraction of sp³-hybridized carbons (Fsp3) is 0.923. The fourth-order valence-corrected chi connectivity index (χ4v) is 12.3. The Balaban J connectivity index is 1.20. The molecule has 3 aliphatic heterocycles. The SMILES string of the molecule is C=C1C[C@@]23CCC4[C@](C)(C(=O)OC5OC(CO)C(O)C(OC6OC(CO)C(O)C(O)C6O)C5OC5OC(CO)C(O)C(O)C5O)CCC[C@@]4(C)[C@@H]2CC[C@]1(C)C3. The Bertz CT molecular complexity index is 1450. The normalized spacial score (nSPS) is 54.6. The van der Waals surface area contributed by atoms with Gasteiger partial charge in [-0.3, -0.25) is 4.79 Å². The minimum Gasteiger partial charge on any atom is -0.432 e. The smallest absolute Gasteiger partial charge is 0.314 e. The Kier molecular flexibility index (Phi) is 11.9. The summed E-state index contributed by atoms with van der Waals surface area (Å²) in [5, 5.41) is 105. The van der Waals surface area contributed by atoms with Crippen molar-refractivity contribution in [3.63, 3.8) is 0 Å². The summed E-state index contributed by atoms with van der Waals surface area (Å²) in [6, 6.07) is 0. The molecule has 320 valence electrons. The number of rotatable bonds is 9. The van der Waals surface area contributed by atoms with E-state index in [1.54, 1.807) is 0 Å². The van der Waals surface area contributed by atoms with Crippen LogP contribution >= 0.6 is 0 Å². The zero-order valence-electron chi connectivity index (χ0n) is 32.3. The van der Waals surface area contributed by atoms with Crippen LogP contribution in [0.3, 0.4) is 0 Å². The predicted molar refractivity (Wildman–Crippen MR) is 190 cm³/mol. The van der Waals surface area contributed by atoms with Gasteiger partial charge in [0.25, 0.3) is 0 Å². The summed E-state index contributed by atoms with van der Waals surface area (Å²) in [5.41, 5.74) is 0.385.